The lowest BCUT2D eigenvalue weighted by Crippen LogP contribution is -2.47. The number of benzene rings is 2. The van der Waals surface area contributed by atoms with Gasteiger partial charge in [-0.25, -0.2) is 18.6 Å². The average Bonchev–Trinajstić information content (AvgIpc) is 3.53. The van der Waals surface area contributed by atoms with Gasteiger partial charge in [0, 0.05) is 38.7 Å². The van der Waals surface area contributed by atoms with Gasteiger partial charge in [0.1, 0.15) is 17.7 Å². The summed E-state index contributed by atoms with van der Waals surface area (Å²) in [5.74, 6) is -0.537. The van der Waals surface area contributed by atoms with Crippen molar-refractivity contribution in [3.8, 4) is 11.3 Å². The van der Waals surface area contributed by atoms with Crippen LogP contribution < -0.4 is 20.0 Å². The van der Waals surface area contributed by atoms with Gasteiger partial charge in [0.2, 0.25) is 5.91 Å². The Hall–Kier alpha value is -4.15. The van der Waals surface area contributed by atoms with Crippen molar-refractivity contribution in [2.45, 2.75) is 13.0 Å². The topological polar surface area (TPSA) is 91.2 Å². The number of anilines is 3. The fourth-order valence-electron chi connectivity index (χ4n) is 4.48. The number of cyclic esters (lactones) is 1. The fraction of sp³-hybridized carbons (Fsp3) is 0.320. The first-order chi connectivity index (χ1) is 17.4. The van der Waals surface area contributed by atoms with Gasteiger partial charge >= 0.3 is 6.09 Å². The normalized spacial score (nSPS) is 17.9. The largest absolute Gasteiger partial charge is 0.444 e. The number of carbonyl (C=O) groups is 2. The Morgan fingerprint density at radius 2 is 1.72 bits per heavy atom. The van der Waals surface area contributed by atoms with E-state index in [2.05, 4.69) is 10.3 Å². The van der Waals surface area contributed by atoms with Crippen molar-refractivity contribution < 1.29 is 27.5 Å². The summed E-state index contributed by atoms with van der Waals surface area (Å²) in [6, 6.07) is 9.55. The SMILES string of the molecule is CC(=O)NC[C@H]1CN(c2ccc(N3CCN(c4ccc(-c5cnco5)cc4F)CC3)c(F)c2)C(=O)O1. The number of aromatic nitrogens is 1. The van der Waals surface area contributed by atoms with E-state index in [1.807, 2.05) is 9.80 Å². The average molecular weight is 498 g/mol. The van der Waals surface area contributed by atoms with Crippen molar-refractivity contribution in [2.24, 2.45) is 0 Å². The number of hydrogen-bond acceptors (Lipinski definition) is 7. The molecule has 0 bridgehead atoms. The van der Waals surface area contributed by atoms with Gasteiger partial charge in [0.05, 0.1) is 36.3 Å². The zero-order valence-corrected chi connectivity index (χ0v) is 19.6. The van der Waals surface area contributed by atoms with Crippen LogP contribution in [-0.4, -0.2) is 62.4 Å². The number of ether oxygens (including phenoxy) is 1. The van der Waals surface area contributed by atoms with Crippen LogP contribution in [0.2, 0.25) is 0 Å². The molecule has 2 saturated heterocycles. The highest BCUT2D eigenvalue weighted by Gasteiger charge is 2.33. The molecule has 9 nitrogen and oxygen atoms in total. The zero-order chi connectivity index (χ0) is 25.2. The van der Waals surface area contributed by atoms with Crippen molar-refractivity contribution in [1.82, 2.24) is 10.3 Å². The van der Waals surface area contributed by atoms with Gasteiger partial charge in [-0.3, -0.25) is 9.69 Å². The number of oxazole rings is 1. The molecule has 3 heterocycles. The van der Waals surface area contributed by atoms with E-state index in [-0.39, 0.29) is 24.8 Å². The Morgan fingerprint density at radius 1 is 1.06 bits per heavy atom. The lowest BCUT2D eigenvalue weighted by molar-refractivity contribution is -0.119. The van der Waals surface area contributed by atoms with E-state index in [0.29, 0.717) is 54.6 Å². The number of rotatable bonds is 6. The van der Waals surface area contributed by atoms with Gasteiger partial charge in [-0.05, 0) is 36.4 Å². The van der Waals surface area contributed by atoms with E-state index in [4.69, 9.17) is 9.15 Å². The standard InChI is InChI=1S/C25H25F2N5O4/c1-16(33)29-12-19-14-32(25(34)36-19)18-3-5-23(21(27)11-18)31-8-6-30(7-9-31)22-4-2-17(10-20(22)26)24-13-28-15-35-24/h2-5,10-11,13,15,19H,6-9,12,14H2,1H3,(H,29,33)/t19-/m0/s1. The molecule has 188 valence electrons. The maximum atomic E-state index is 15.1. The van der Waals surface area contributed by atoms with Gasteiger partial charge in [-0.1, -0.05) is 0 Å². The van der Waals surface area contributed by atoms with Crippen LogP contribution in [0.3, 0.4) is 0 Å². The second kappa shape index (κ2) is 9.84. The predicted molar refractivity (Wildman–Crippen MR) is 129 cm³/mol. The van der Waals surface area contributed by atoms with Gasteiger partial charge in [-0.15, -0.1) is 0 Å². The molecule has 0 unspecified atom stereocenters. The number of piperazine rings is 1. The highest BCUT2D eigenvalue weighted by molar-refractivity contribution is 5.90. The van der Waals surface area contributed by atoms with Crippen molar-refractivity contribution in [3.05, 3.63) is 60.6 Å². The van der Waals surface area contributed by atoms with Gasteiger partial charge in [0.25, 0.3) is 0 Å². The Morgan fingerprint density at radius 3 is 2.31 bits per heavy atom. The molecule has 0 saturated carbocycles. The number of halogens is 2. The number of nitrogens with one attached hydrogen (secondary N) is 1. The van der Waals surface area contributed by atoms with Crippen molar-refractivity contribution in [2.75, 3.05) is 54.0 Å². The molecule has 5 rings (SSSR count). The minimum atomic E-state index is -0.581. The Balaban J connectivity index is 1.22. The molecule has 2 amide bonds. The molecule has 36 heavy (non-hydrogen) atoms. The summed E-state index contributed by atoms with van der Waals surface area (Å²) in [5.41, 5.74) is 1.90. The number of amides is 2. The summed E-state index contributed by atoms with van der Waals surface area (Å²) < 4.78 is 40.4. The molecule has 1 atom stereocenters. The summed E-state index contributed by atoms with van der Waals surface area (Å²) in [6.07, 6.45) is 1.75. The summed E-state index contributed by atoms with van der Waals surface area (Å²) in [6.45, 7) is 3.85. The minimum Gasteiger partial charge on any atom is -0.444 e. The summed E-state index contributed by atoms with van der Waals surface area (Å²) in [5, 5.41) is 2.61. The van der Waals surface area contributed by atoms with E-state index in [1.54, 1.807) is 24.3 Å². The lowest BCUT2D eigenvalue weighted by atomic mass is 10.1. The molecule has 0 radical (unpaired) electrons. The highest BCUT2D eigenvalue weighted by atomic mass is 19.1. The molecule has 2 aliphatic rings. The van der Waals surface area contributed by atoms with Crippen LogP contribution in [0.1, 0.15) is 6.92 Å². The fourth-order valence-corrected chi connectivity index (χ4v) is 4.48. The molecule has 1 N–H and O–H groups in total. The lowest BCUT2D eigenvalue weighted by Gasteiger charge is -2.37. The molecule has 3 aromatic rings. The molecule has 0 spiro atoms. The van der Waals surface area contributed by atoms with Crippen LogP contribution in [0, 0.1) is 11.6 Å². The summed E-state index contributed by atoms with van der Waals surface area (Å²) in [7, 11) is 0. The van der Waals surface area contributed by atoms with Gasteiger partial charge in [-0.2, -0.15) is 0 Å². The molecular formula is C25H25F2N5O4. The Bertz CT molecular complexity index is 1260. The Labute approximate surface area is 206 Å². The monoisotopic (exact) mass is 497 g/mol. The van der Waals surface area contributed by atoms with Gasteiger partial charge in [0.15, 0.2) is 12.2 Å². The minimum absolute atomic E-state index is 0.200. The van der Waals surface area contributed by atoms with Crippen molar-refractivity contribution >= 4 is 29.1 Å². The van der Waals surface area contributed by atoms with E-state index in [0.717, 1.165) is 0 Å². The van der Waals surface area contributed by atoms with E-state index >= 15 is 4.39 Å². The van der Waals surface area contributed by atoms with Crippen molar-refractivity contribution in [3.63, 3.8) is 0 Å². The van der Waals surface area contributed by atoms with Crippen LogP contribution in [0.5, 0.6) is 0 Å². The van der Waals surface area contributed by atoms with Crippen LogP contribution in [0.15, 0.2) is 53.4 Å². The van der Waals surface area contributed by atoms with Crippen molar-refractivity contribution in [1.29, 1.82) is 0 Å². The van der Waals surface area contributed by atoms with Crippen LogP contribution in [0.4, 0.5) is 30.6 Å². The van der Waals surface area contributed by atoms with E-state index in [9.17, 15) is 14.0 Å². The maximum absolute atomic E-state index is 15.1. The van der Waals surface area contributed by atoms with Crippen LogP contribution in [0.25, 0.3) is 11.3 Å². The molecule has 1 aromatic heterocycles. The first kappa shape index (κ1) is 23.6. The second-order valence-corrected chi connectivity index (χ2v) is 8.70. The Kier molecular flexibility index (Phi) is 6.45. The molecule has 2 fully saturated rings. The zero-order valence-electron chi connectivity index (χ0n) is 19.6. The number of carbonyl (C=O) groups excluding carboxylic acids is 2. The summed E-state index contributed by atoms with van der Waals surface area (Å²) in [4.78, 5) is 32.4. The third-order valence-corrected chi connectivity index (χ3v) is 6.32. The van der Waals surface area contributed by atoms with Gasteiger partial charge < -0.3 is 24.3 Å². The first-order valence-corrected chi connectivity index (χ1v) is 11.6. The molecule has 2 aromatic carbocycles. The third kappa shape index (κ3) is 4.81. The molecule has 0 aliphatic carbocycles. The second-order valence-electron chi connectivity index (χ2n) is 8.70. The summed E-state index contributed by atoms with van der Waals surface area (Å²) >= 11 is 0. The molecule has 2 aliphatic heterocycles. The quantitative estimate of drug-likeness (QED) is 0.558. The first-order valence-electron chi connectivity index (χ1n) is 11.6. The van der Waals surface area contributed by atoms with Crippen LogP contribution >= 0.6 is 0 Å². The van der Waals surface area contributed by atoms with Crippen LogP contribution in [-0.2, 0) is 9.53 Å². The number of nitrogens with zero attached hydrogens (tertiary/aromatic N) is 4. The van der Waals surface area contributed by atoms with E-state index in [1.165, 1.54) is 36.5 Å². The van der Waals surface area contributed by atoms with E-state index < -0.39 is 18.0 Å². The smallest absolute Gasteiger partial charge is 0.414 e. The number of hydrogen-bond donors (Lipinski definition) is 1. The molecular weight excluding hydrogens is 472 g/mol. The third-order valence-electron chi connectivity index (χ3n) is 6.32. The highest BCUT2D eigenvalue weighted by Crippen LogP contribution is 2.31. The molecule has 11 heteroatoms. The maximum Gasteiger partial charge on any atom is 0.414 e. The predicted octanol–water partition coefficient (Wildman–Crippen LogP) is 3.41.